The first-order valence-electron chi connectivity index (χ1n) is 7.74. The summed E-state index contributed by atoms with van der Waals surface area (Å²) in [5.41, 5.74) is 0. The summed E-state index contributed by atoms with van der Waals surface area (Å²) in [6.07, 6.45) is -10.5. The van der Waals surface area contributed by atoms with Gasteiger partial charge in [0.25, 0.3) is 0 Å². The first-order chi connectivity index (χ1) is 10.8. The van der Waals surface area contributed by atoms with Crippen LogP contribution in [0.5, 0.6) is 0 Å². The Labute approximate surface area is 133 Å². The molecular formula is C14H26O9. The Morgan fingerprint density at radius 2 is 1.52 bits per heavy atom. The third-order valence-electron chi connectivity index (χ3n) is 4.77. The Kier molecular flexibility index (Phi) is 6.34. The fraction of sp³-hybridized carbons (Fsp3) is 1.00. The quantitative estimate of drug-likeness (QED) is 0.274. The van der Waals surface area contributed by atoms with Crippen LogP contribution in [0.4, 0.5) is 0 Å². The van der Waals surface area contributed by atoms with Crippen LogP contribution in [0.3, 0.4) is 0 Å². The van der Waals surface area contributed by atoms with Crippen LogP contribution < -0.4 is 0 Å². The van der Waals surface area contributed by atoms with Gasteiger partial charge in [-0.1, -0.05) is 0 Å². The number of ether oxygens (including phenoxy) is 2. The zero-order valence-corrected chi connectivity index (χ0v) is 12.8. The van der Waals surface area contributed by atoms with Crippen molar-refractivity contribution in [3.8, 4) is 0 Å². The highest BCUT2D eigenvalue weighted by atomic mass is 16.6. The molecule has 9 nitrogen and oxygen atoms in total. The van der Waals surface area contributed by atoms with Crippen molar-refractivity contribution in [3.63, 3.8) is 0 Å². The van der Waals surface area contributed by atoms with Crippen LogP contribution in [0.25, 0.3) is 0 Å². The van der Waals surface area contributed by atoms with Crippen molar-refractivity contribution in [3.05, 3.63) is 0 Å². The molecule has 9 heteroatoms. The first kappa shape index (κ1) is 19.0. The lowest BCUT2D eigenvalue weighted by molar-refractivity contribution is -0.270. The molecule has 0 amide bonds. The summed E-state index contributed by atoms with van der Waals surface area (Å²) in [6.45, 7) is 0.679. The molecule has 0 aromatic carbocycles. The molecule has 23 heavy (non-hydrogen) atoms. The molecule has 2 rings (SSSR count). The van der Waals surface area contributed by atoms with E-state index >= 15 is 0 Å². The van der Waals surface area contributed by atoms with Crippen molar-refractivity contribution in [1.82, 2.24) is 0 Å². The van der Waals surface area contributed by atoms with Gasteiger partial charge in [-0.05, 0) is 13.3 Å². The topological polar surface area (TPSA) is 160 Å². The predicted octanol–water partition coefficient (Wildman–Crippen LogP) is -3.66. The van der Waals surface area contributed by atoms with Gasteiger partial charge in [0.2, 0.25) is 0 Å². The lowest BCUT2D eigenvalue weighted by atomic mass is 9.81. The monoisotopic (exact) mass is 338 g/mol. The molecule has 0 aromatic heterocycles. The van der Waals surface area contributed by atoms with E-state index in [4.69, 9.17) is 9.47 Å². The van der Waals surface area contributed by atoms with E-state index in [0.717, 1.165) is 0 Å². The minimum Gasteiger partial charge on any atom is -0.396 e. The Balaban J connectivity index is 2.11. The average molecular weight is 338 g/mol. The van der Waals surface area contributed by atoms with E-state index in [1.54, 1.807) is 6.92 Å². The molecule has 10 atom stereocenters. The molecule has 1 aliphatic heterocycles. The summed E-state index contributed by atoms with van der Waals surface area (Å²) in [5.74, 6) is -0.698. The molecule has 136 valence electrons. The van der Waals surface area contributed by atoms with Crippen LogP contribution in [0.15, 0.2) is 0 Å². The second-order valence-corrected chi connectivity index (χ2v) is 6.33. The van der Waals surface area contributed by atoms with E-state index in [1.165, 1.54) is 0 Å². The van der Waals surface area contributed by atoms with E-state index < -0.39 is 74.1 Å². The van der Waals surface area contributed by atoms with Crippen molar-refractivity contribution in [1.29, 1.82) is 0 Å². The standard InChI is InChI=1S/C14H26O9/c1-5-9(17)13(21)14(8(4-16)22-5)23-7-2-6(3-15)10(18)12(20)11(7)19/h5-21H,2-4H2,1H3/t5-,6-,7+,8-,9+,10-,11+,12+,13-,14-/m1/s1. The second kappa shape index (κ2) is 7.68. The molecule has 1 saturated heterocycles. The zero-order valence-electron chi connectivity index (χ0n) is 12.8. The van der Waals surface area contributed by atoms with E-state index in [1.807, 2.05) is 0 Å². The molecule has 0 bridgehead atoms. The summed E-state index contributed by atoms with van der Waals surface area (Å²) >= 11 is 0. The molecule has 1 heterocycles. The Bertz CT molecular complexity index is 377. The molecule has 2 fully saturated rings. The van der Waals surface area contributed by atoms with Gasteiger partial charge in [-0.3, -0.25) is 0 Å². The predicted molar refractivity (Wildman–Crippen MR) is 75.3 cm³/mol. The SMILES string of the molecule is C[C@H]1O[C@H](CO)[C@@H](O[C@H]2C[C@H](CO)[C@@H](O)[C@H](O)[C@H]2O)[C@H](O)[C@H]1O. The van der Waals surface area contributed by atoms with Crippen molar-refractivity contribution < 1.29 is 45.2 Å². The molecule has 2 aliphatic rings. The lowest BCUT2D eigenvalue weighted by Crippen LogP contribution is -2.62. The molecular weight excluding hydrogens is 312 g/mol. The van der Waals surface area contributed by atoms with Crippen LogP contribution in [0.2, 0.25) is 0 Å². The molecule has 0 spiro atoms. The van der Waals surface area contributed by atoms with Crippen LogP contribution >= 0.6 is 0 Å². The molecule has 0 unspecified atom stereocenters. The number of hydrogen-bond acceptors (Lipinski definition) is 9. The Morgan fingerprint density at radius 1 is 0.870 bits per heavy atom. The molecule has 1 saturated carbocycles. The third-order valence-corrected chi connectivity index (χ3v) is 4.77. The van der Waals surface area contributed by atoms with Gasteiger partial charge in [-0.15, -0.1) is 0 Å². The van der Waals surface area contributed by atoms with E-state index in [9.17, 15) is 35.7 Å². The number of rotatable bonds is 4. The smallest absolute Gasteiger partial charge is 0.115 e. The summed E-state index contributed by atoms with van der Waals surface area (Å²) < 4.78 is 11.0. The van der Waals surface area contributed by atoms with Gasteiger partial charge in [0.05, 0.1) is 24.9 Å². The highest BCUT2D eigenvalue weighted by Crippen LogP contribution is 2.31. The summed E-state index contributed by atoms with van der Waals surface area (Å²) in [5, 5.41) is 68.4. The Morgan fingerprint density at radius 3 is 2.09 bits per heavy atom. The minimum atomic E-state index is -1.51. The van der Waals surface area contributed by atoms with Gasteiger partial charge in [0.1, 0.15) is 36.6 Å². The largest absolute Gasteiger partial charge is 0.396 e. The number of hydrogen-bond donors (Lipinski definition) is 7. The Hall–Kier alpha value is -0.360. The van der Waals surface area contributed by atoms with Crippen LogP contribution in [0, 0.1) is 5.92 Å². The van der Waals surface area contributed by atoms with Crippen molar-refractivity contribution in [2.75, 3.05) is 13.2 Å². The lowest BCUT2D eigenvalue weighted by Gasteiger charge is -2.45. The highest BCUT2D eigenvalue weighted by molar-refractivity contribution is 4.97. The maximum atomic E-state index is 10.2. The van der Waals surface area contributed by atoms with Crippen LogP contribution in [0.1, 0.15) is 13.3 Å². The maximum Gasteiger partial charge on any atom is 0.115 e. The fourth-order valence-electron chi connectivity index (χ4n) is 3.24. The fourth-order valence-corrected chi connectivity index (χ4v) is 3.24. The van der Waals surface area contributed by atoms with Crippen molar-refractivity contribution in [2.45, 2.75) is 68.3 Å². The summed E-state index contributed by atoms with van der Waals surface area (Å²) in [4.78, 5) is 0. The maximum absolute atomic E-state index is 10.2. The molecule has 1 aliphatic carbocycles. The van der Waals surface area contributed by atoms with Gasteiger partial charge in [-0.2, -0.15) is 0 Å². The molecule has 0 radical (unpaired) electrons. The van der Waals surface area contributed by atoms with Crippen LogP contribution in [-0.4, -0.2) is 104 Å². The van der Waals surface area contributed by atoms with E-state index in [2.05, 4.69) is 0 Å². The van der Waals surface area contributed by atoms with Crippen molar-refractivity contribution >= 4 is 0 Å². The zero-order chi connectivity index (χ0) is 17.3. The van der Waals surface area contributed by atoms with E-state index in [0.29, 0.717) is 0 Å². The van der Waals surface area contributed by atoms with Crippen molar-refractivity contribution in [2.24, 2.45) is 5.92 Å². The summed E-state index contributed by atoms with van der Waals surface area (Å²) in [6, 6.07) is 0. The number of aliphatic hydroxyl groups excluding tert-OH is 7. The first-order valence-corrected chi connectivity index (χ1v) is 7.74. The van der Waals surface area contributed by atoms with Gasteiger partial charge in [0, 0.05) is 12.5 Å². The van der Waals surface area contributed by atoms with E-state index in [-0.39, 0.29) is 6.42 Å². The minimum absolute atomic E-state index is 0.0446. The molecule has 0 aromatic rings. The normalized spacial score (nSPS) is 51.7. The molecule has 7 N–H and O–H groups in total. The highest BCUT2D eigenvalue weighted by Gasteiger charge is 2.48. The van der Waals surface area contributed by atoms with Gasteiger partial charge in [0.15, 0.2) is 0 Å². The van der Waals surface area contributed by atoms with Gasteiger partial charge < -0.3 is 45.2 Å². The summed E-state index contributed by atoms with van der Waals surface area (Å²) in [7, 11) is 0. The number of aliphatic hydroxyl groups is 7. The van der Waals surface area contributed by atoms with Gasteiger partial charge in [-0.25, -0.2) is 0 Å². The second-order valence-electron chi connectivity index (χ2n) is 6.33. The van der Waals surface area contributed by atoms with Gasteiger partial charge >= 0.3 is 0 Å². The third kappa shape index (κ3) is 3.68. The van der Waals surface area contributed by atoms with Crippen LogP contribution in [-0.2, 0) is 9.47 Å². The average Bonchev–Trinajstić information content (AvgIpc) is 2.55.